The quantitative estimate of drug-likeness (QED) is 0.651. The summed E-state index contributed by atoms with van der Waals surface area (Å²) in [7, 11) is 1.51. The average molecular weight is 180 g/mol. The highest BCUT2D eigenvalue weighted by Gasteiger charge is 2.29. The molecule has 4 heteroatoms. The number of carbonyl (C=O) groups is 1. The van der Waals surface area contributed by atoms with E-state index in [1.54, 1.807) is 18.2 Å². The summed E-state index contributed by atoms with van der Waals surface area (Å²) in [5, 5.41) is 9.23. The molecule has 0 saturated carbocycles. The van der Waals surface area contributed by atoms with Gasteiger partial charge in [0.25, 0.3) is 0 Å². The Morgan fingerprint density at radius 1 is 1.54 bits per heavy atom. The zero-order chi connectivity index (χ0) is 9.42. The lowest BCUT2D eigenvalue weighted by molar-refractivity contribution is -0.0547. The Kier molecular flexibility index (Phi) is 1.70. The number of hydrogen-bond acceptors (Lipinski definition) is 4. The van der Waals surface area contributed by atoms with Gasteiger partial charge in [0.15, 0.2) is 0 Å². The van der Waals surface area contributed by atoms with E-state index in [0.29, 0.717) is 16.9 Å². The van der Waals surface area contributed by atoms with Crippen LogP contribution in [0.15, 0.2) is 18.2 Å². The summed E-state index contributed by atoms with van der Waals surface area (Å²) < 4.78 is 9.53. The van der Waals surface area contributed by atoms with Crippen LogP contribution in [0.3, 0.4) is 0 Å². The lowest BCUT2D eigenvalue weighted by Gasteiger charge is -2.01. The third kappa shape index (κ3) is 1.15. The topological polar surface area (TPSA) is 55.8 Å². The number of rotatable bonds is 1. The molecule has 0 amide bonds. The molecule has 4 nitrogen and oxygen atoms in total. The van der Waals surface area contributed by atoms with E-state index in [9.17, 15) is 9.90 Å². The minimum atomic E-state index is -1.13. The van der Waals surface area contributed by atoms with Crippen molar-refractivity contribution in [1.29, 1.82) is 0 Å². The van der Waals surface area contributed by atoms with Crippen molar-refractivity contribution >= 4 is 5.97 Å². The van der Waals surface area contributed by atoms with Crippen molar-refractivity contribution in [2.24, 2.45) is 0 Å². The van der Waals surface area contributed by atoms with Gasteiger partial charge in [0.1, 0.15) is 5.75 Å². The summed E-state index contributed by atoms with van der Waals surface area (Å²) >= 11 is 0. The zero-order valence-electron chi connectivity index (χ0n) is 6.98. The smallest absolute Gasteiger partial charge is 0.341 e. The fourth-order valence-corrected chi connectivity index (χ4v) is 1.28. The maximum Gasteiger partial charge on any atom is 0.341 e. The Labute approximate surface area is 74.7 Å². The van der Waals surface area contributed by atoms with Crippen LogP contribution in [0.5, 0.6) is 5.75 Å². The average Bonchev–Trinajstić information content (AvgIpc) is 2.42. The molecule has 1 aromatic rings. The summed E-state index contributed by atoms with van der Waals surface area (Å²) in [5.41, 5.74) is 0.859. The van der Waals surface area contributed by atoms with E-state index in [0.717, 1.165) is 0 Å². The number of methoxy groups -OCH3 is 1. The van der Waals surface area contributed by atoms with Gasteiger partial charge in [-0.15, -0.1) is 0 Å². The Hall–Kier alpha value is -1.55. The first-order chi connectivity index (χ1) is 6.22. The molecule has 0 spiro atoms. The molecule has 2 rings (SSSR count). The third-order valence-corrected chi connectivity index (χ3v) is 1.97. The molecule has 1 N–H and O–H groups in total. The van der Waals surface area contributed by atoms with Gasteiger partial charge in [-0.05, 0) is 18.2 Å². The van der Waals surface area contributed by atoms with Crippen molar-refractivity contribution in [3.8, 4) is 5.75 Å². The molecular weight excluding hydrogens is 172 g/mol. The molecule has 1 atom stereocenters. The predicted molar refractivity (Wildman–Crippen MR) is 43.4 cm³/mol. The molecule has 0 bridgehead atoms. The SMILES string of the molecule is COc1ccc2c(c1)C(=O)O[C@H]2O. The minimum Gasteiger partial charge on any atom is -0.497 e. The molecule has 0 fully saturated rings. The number of fused-ring (bicyclic) bond motifs is 1. The van der Waals surface area contributed by atoms with Gasteiger partial charge in [-0.2, -0.15) is 0 Å². The highest BCUT2D eigenvalue weighted by molar-refractivity contribution is 5.94. The largest absolute Gasteiger partial charge is 0.497 e. The van der Waals surface area contributed by atoms with E-state index in [1.165, 1.54) is 7.11 Å². The van der Waals surface area contributed by atoms with E-state index < -0.39 is 12.3 Å². The Bertz CT molecular complexity index is 359. The molecule has 0 unspecified atom stereocenters. The monoisotopic (exact) mass is 180 g/mol. The standard InChI is InChI=1S/C9H8O4/c1-12-5-2-3-6-7(4-5)9(11)13-8(6)10/h2-4,8,10H,1H3/t8-/m1/s1. The maximum atomic E-state index is 11.1. The van der Waals surface area contributed by atoms with Crippen LogP contribution in [0.25, 0.3) is 0 Å². The second-order valence-electron chi connectivity index (χ2n) is 2.71. The number of ether oxygens (including phenoxy) is 2. The number of benzene rings is 1. The first kappa shape index (κ1) is 8.07. The highest BCUT2D eigenvalue weighted by atomic mass is 16.6. The summed E-state index contributed by atoms with van der Waals surface area (Å²) in [4.78, 5) is 11.1. The first-order valence-corrected chi connectivity index (χ1v) is 3.79. The summed E-state index contributed by atoms with van der Waals surface area (Å²) in [6.45, 7) is 0. The molecule has 0 aliphatic carbocycles. The van der Waals surface area contributed by atoms with Crippen molar-refractivity contribution in [1.82, 2.24) is 0 Å². The van der Waals surface area contributed by atoms with Gasteiger partial charge in [0.2, 0.25) is 6.29 Å². The van der Waals surface area contributed by atoms with Crippen molar-refractivity contribution < 1.29 is 19.4 Å². The molecular formula is C9H8O4. The second kappa shape index (κ2) is 2.74. The Morgan fingerprint density at radius 2 is 2.31 bits per heavy atom. The first-order valence-electron chi connectivity index (χ1n) is 3.79. The number of aliphatic hydroxyl groups excluding tert-OH is 1. The number of aliphatic hydroxyl groups is 1. The van der Waals surface area contributed by atoms with Gasteiger partial charge < -0.3 is 14.6 Å². The fraction of sp³-hybridized carbons (Fsp3) is 0.222. The van der Waals surface area contributed by atoms with Crippen molar-refractivity contribution in [2.45, 2.75) is 6.29 Å². The molecule has 0 radical (unpaired) electrons. The van der Waals surface area contributed by atoms with Crippen LogP contribution >= 0.6 is 0 Å². The van der Waals surface area contributed by atoms with Crippen molar-refractivity contribution in [3.05, 3.63) is 29.3 Å². The van der Waals surface area contributed by atoms with Crippen LogP contribution in [0, 0.1) is 0 Å². The lowest BCUT2D eigenvalue weighted by Crippen LogP contribution is -1.96. The van der Waals surface area contributed by atoms with E-state index in [2.05, 4.69) is 4.74 Å². The lowest BCUT2D eigenvalue weighted by atomic mass is 10.1. The van der Waals surface area contributed by atoms with Crippen LogP contribution in [-0.4, -0.2) is 18.2 Å². The number of carbonyl (C=O) groups excluding carboxylic acids is 1. The molecule has 0 aromatic heterocycles. The van der Waals surface area contributed by atoms with Gasteiger partial charge >= 0.3 is 5.97 Å². The number of esters is 1. The van der Waals surface area contributed by atoms with Gasteiger partial charge in [-0.25, -0.2) is 4.79 Å². The van der Waals surface area contributed by atoms with Gasteiger partial charge in [0.05, 0.1) is 12.7 Å². The van der Waals surface area contributed by atoms with Crippen molar-refractivity contribution in [2.75, 3.05) is 7.11 Å². The predicted octanol–water partition coefficient (Wildman–Crippen LogP) is 0.856. The van der Waals surface area contributed by atoms with E-state index >= 15 is 0 Å². The summed E-state index contributed by atoms with van der Waals surface area (Å²) in [5.74, 6) is 0.0613. The summed E-state index contributed by atoms with van der Waals surface area (Å²) in [6.07, 6.45) is -1.13. The fourth-order valence-electron chi connectivity index (χ4n) is 1.28. The highest BCUT2D eigenvalue weighted by Crippen LogP contribution is 2.30. The van der Waals surface area contributed by atoms with Gasteiger partial charge in [-0.1, -0.05) is 0 Å². The Balaban J connectivity index is 2.52. The molecule has 0 saturated heterocycles. The molecule has 1 aromatic carbocycles. The summed E-state index contributed by atoms with van der Waals surface area (Å²) in [6, 6.07) is 4.83. The van der Waals surface area contributed by atoms with Crippen molar-refractivity contribution in [3.63, 3.8) is 0 Å². The van der Waals surface area contributed by atoms with Crippen LogP contribution in [0.2, 0.25) is 0 Å². The molecule has 13 heavy (non-hydrogen) atoms. The number of hydrogen-bond donors (Lipinski definition) is 1. The number of cyclic esters (lactones) is 1. The van der Waals surface area contributed by atoms with Crippen LogP contribution in [0.4, 0.5) is 0 Å². The minimum absolute atomic E-state index is 0.367. The second-order valence-corrected chi connectivity index (χ2v) is 2.71. The molecule has 1 aliphatic rings. The zero-order valence-corrected chi connectivity index (χ0v) is 6.98. The van der Waals surface area contributed by atoms with Gasteiger partial charge in [0, 0.05) is 5.56 Å². The van der Waals surface area contributed by atoms with E-state index in [4.69, 9.17) is 4.74 Å². The van der Waals surface area contributed by atoms with E-state index in [-0.39, 0.29) is 0 Å². The Morgan fingerprint density at radius 3 is 3.00 bits per heavy atom. The van der Waals surface area contributed by atoms with Gasteiger partial charge in [-0.3, -0.25) is 0 Å². The third-order valence-electron chi connectivity index (χ3n) is 1.97. The normalized spacial score (nSPS) is 19.5. The van der Waals surface area contributed by atoms with Crippen LogP contribution in [0.1, 0.15) is 22.2 Å². The van der Waals surface area contributed by atoms with Crippen LogP contribution < -0.4 is 4.74 Å². The molecule has 1 aliphatic heterocycles. The molecule has 68 valence electrons. The maximum absolute atomic E-state index is 11.1. The van der Waals surface area contributed by atoms with E-state index in [1.807, 2.05) is 0 Å². The molecule has 1 heterocycles. The van der Waals surface area contributed by atoms with Crippen LogP contribution in [-0.2, 0) is 4.74 Å².